The molecule has 0 aliphatic heterocycles. The van der Waals surface area contributed by atoms with Crippen molar-refractivity contribution in [2.75, 3.05) is 19.7 Å². The van der Waals surface area contributed by atoms with Gasteiger partial charge in [0.25, 0.3) is 0 Å². The van der Waals surface area contributed by atoms with Crippen molar-refractivity contribution in [1.29, 1.82) is 0 Å². The number of hydrogen-bond donors (Lipinski definition) is 0. The van der Waals surface area contributed by atoms with Crippen molar-refractivity contribution in [2.24, 2.45) is 29.6 Å². The summed E-state index contributed by atoms with van der Waals surface area (Å²) < 4.78 is 5.32. The zero-order chi connectivity index (χ0) is 22.8. The van der Waals surface area contributed by atoms with E-state index in [4.69, 9.17) is 4.74 Å². The Balaban J connectivity index is 1.67. The van der Waals surface area contributed by atoms with Gasteiger partial charge in [-0.1, -0.05) is 78.1 Å². The van der Waals surface area contributed by atoms with Crippen molar-refractivity contribution in [1.82, 2.24) is 4.90 Å². The second kappa shape index (κ2) is 14.0. The highest BCUT2D eigenvalue weighted by Gasteiger charge is 2.39. The topological polar surface area (TPSA) is 29.5 Å². The van der Waals surface area contributed by atoms with Crippen molar-refractivity contribution in [3.63, 3.8) is 0 Å². The normalized spacial score (nSPS) is 28.3. The minimum absolute atomic E-state index is 0.0345. The Bertz CT molecular complexity index is 521. The molecule has 0 radical (unpaired) electrons. The number of hydrogen-bond acceptors (Lipinski definition) is 3. The van der Waals surface area contributed by atoms with Crippen molar-refractivity contribution < 1.29 is 9.53 Å². The number of ether oxygens (including phenoxy) is 1. The summed E-state index contributed by atoms with van der Waals surface area (Å²) in [4.78, 5) is 15.2. The molecular formula is C29H53NO2. The predicted molar refractivity (Wildman–Crippen MR) is 135 cm³/mol. The van der Waals surface area contributed by atoms with Gasteiger partial charge in [0, 0.05) is 12.5 Å². The molecule has 0 heterocycles. The van der Waals surface area contributed by atoms with Crippen molar-refractivity contribution in [2.45, 2.75) is 130 Å². The van der Waals surface area contributed by atoms with Crippen LogP contribution in [0.25, 0.3) is 0 Å². The maximum absolute atomic E-state index is 12.2. The minimum Gasteiger partial charge on any atom is -0.466 e. The van der Waals surface area contributed by atoms with Crippen LogP contribution in [0, 0.1) is 29.6 Å². The first kappa shape index (κ1) is 26.0. The van der Waals surface area contributed by atoms with Gasteiger partial charge in [-0.25, -0.2) is 0 Å². The molecule has 0 aromatic rings. The molecule has 3 fully saturated rings. The first-order valence-corrected chi connectivity index (χ1v) is 14.5. The first-order valence-electron chi connectivity index (χ1n) is 14.5. The molecule has 0 aromatic heterocycles. The Hall–Kier alpha value is -0.570. The average Bonchev–Trinajstić information content (AvgIpc) is 2.80. The number of carbonyl (C=O) groups excluding carboxylic acids is 1. The van der Waals surface area contributed by atoms with Gasteiger partial charge in [-0.15, -0.1) is 0 Å². The van der Waals surface area contributed by atoms with Gasteiger partial charge in [-0.05, 0) is 81.7 Å². The van der Waals surface area contributed by atoms with Gasteiger partial charge in [-0.2, -0.15) is 0 Å². The highest BCUT2D eigenvalue weighted by atomic mass is 16.5. The van der Waals surface area contributed by atoms with Crippen LogP contribution in [-0.2, 0) is 9.53 Å². The van der Waals surface area contributed by atoms with E-state index in [2.05, 4.69) is 18.7 Å². The van der Waals surface area contributed by atoms with Crippen LogP contribution < -0.4 is 0 Å². The molecule has 186 valence electrons. The van der Waals surface area contributed by atoms with Crippen LogP contribution in [0.5, 0.6) is 0 Å². The molecule has 3 nitrogen and oxygen atoms in total. The fourth-order valence-corrected chi connectivity index (χ4v) is 7.14. The third-order valence-corrected chi connectivity index (χ3v) is 9.00. The van der Waals surface area contributed by atoms with Crippen molar-refractivity contribution in [3.05, 3.63) is 0 Å². The van der Waals surface area contributed by atoms with Gasteiger partial charge in [0.1, 0.15) is 0 Å². The molecule has 3 aliphatic carbocycles. The molecule has 0 N–H and O–H groups in total. The molecule has 0 spiro atoms. The highest BCUT2D eigenvalue weighted by Crippen LogP contribution is 2.43. The van der Waals surface area contributed by atoms with Crippen LogP contribution in [0.4, 0.5) is 0 Å². The van der Waals surface area contributed by atoms with Gasteiger partial charge in [0.15, 0.2) is 0 Å². The van der Waals surface area contributed by atoms with E-state index < -0.39 is 0 Å². The van der Waals surface area contributed by atoms with E-state index >= 15 is 0 Å². The summed E-state index contributed by atoms with van der Waals surface area (Å²) in [6, 6.07) is 0.749. The molecule has 3 heteroatoms. The summed E-state index contributed by atoms with van der Waals surface area (Å²) in [6.07, 6.45) is 21.6. The summed E-state index contributed by atoms with van der Waals surface area (Å²) in [6.45, 7) is 9.81. The molecule has 3 rings (SSSR count). The summed E-state index contributed by atoms with van der Waals surface area (Å²) in [5.74, 6) is 4.01. The molecule has 0 unspecified atom stereocenters. The summed E-state index contributed by atoms with van der Waals surface area (Å²) in [5, 5.41) is 0. The van der Waals surface area contributed by atoms with Crippen molar-refractivity contribution in [3.8, 4) is 0 Å². The molecule has 3 atom stereocenters. The van der Waals surface area contributed by atoms with Gasteiger partial charge in [0.05, 0.1) is 6.61 Å². The summed E-state index contributed by atoms with van der Waals surface area (Å²) in [5.41, 5.74) is 0. The second-order valence-electron chi connectivity index (χ2n) is 11.8. The van der Waals surface area contributed by atoms with Gasteiger partial charge in [-0.3, -0.25) is 4.79 Å². The summed E-state index contributed by atoms with van der Waals surface area (Å²) in [7, 11) is 0. The first-order chi connectivity index (χ1) is 15.6. The molecule has 0 amide bonds. The lowest BCUT2D eigenvalue weighted by Crippen LogP contribution is -2.48. The maximum Gasteiger partial charge on any atom is 0.306 e. The molecule has 0 saturated heterocycles. The quantitative estimate of drug-likeness (QED) is 0.305. The third-order valence-electron chi connectivity index (χ3n) is 9.00. The average molecular weight is 448 g/mol. The molecular weight excluding hydrogens is 394 g/mol. The smallest absolute Gasteiger partial charge is 0.306 e. The molecule has 3 aliphatic rings. The second-order valence-corrected chi connectivity index (χ2v) is 11.8. The molecule has 32 heavy (non-hydrogen) atoms. The molecule has 0 aromatic carbocycles. The number of rotatable bonds is 11. The lowest BCUT2D eigenvalue weighted by atomic mass is 9.67. The van der Waals surface area contributed by atoms with Crippen LogP contribution in [-0.4, -0.2) is 36.6 Å². The highest BCUT2D eigenvalue weighted by molar-refractivity contribution is 5.69. The predicted octanol–water partition coefficient (Wildman–Crippen LogP) is 7.62. The van der Waals surface area contributed by atoms with Crippen LogP contribution in [0.15, 0.2) is 0 Å². The Morgan fingerprint density at radius 1 is 0.875 bits per heavy atom. The van der Waals surface area contributed by atoms with E-state index in [9.17, 15) is 4.79 Å². The van der Waals surface area contributed by atoms with Crippen LogP contribution in [0.1, 0.15) is 124 Å². The largest absolute Gasteiger partial charge is 0.466 e. The van der Waals surface area contributed by atoms with Gasteiger partial charge >= 0.3 is 5.97 Å². The molecule has 3 saturated carbocycles. The summed E-state index contributed by atoms with van der Waals surface area (Å²) >= 11 is 0. The zero-order valence-electron chi connectivity index (χ0n) is 21.7. The van der Waals surface area contributed by atoms with Gasteiger partial charge < -0.3 is 9.64 Å². The number of esters is 1. The number of carbonyl (C=O) groups is 1. The third kappa shape index (κ3) is 8.33. The molecule has 0 bridgehead atoms. The van der Waals surface area contributed by atoms with Crippen LogP contribution in [0.3, 0.4) is 0 Å². The maximum atomic E-state index is 12.2. The van der Waals surface area contributed by atoms with E-state index in [1.54, 1.807) is 0 Å². The SMILES string of the molecule is CCOC(=O)C[C@@H]1CC[C@@H](N(CCC(C)C)CCC2CCCCC2)[C@H](C2CCCCC2)C1. The number of nitrogens with zero attached hydrogens (tertiary/aromatic N) is 1. The fourth-order valence-electron chi connectivity index (χ4n) is 7.14. The lowest BCUT2D eigenvalue weighted by molar-refractivity contribution is -0.145. The Morgan fingerprint density at radius 2 is 1.56 bits per heavy atom. The Labute approximate surface area is 199 Å². The van der Waals surface area contributed by atoms with Crippen LogP contribution in [0.2, 0.25) is 0 Å². The van der Waals surface area contributed by atoms with E-state index in [1.165, 1.54) is 109 Å². The van der Waals surface area contributed by atoms with E-state index in [-0.39, 0.29) is 5.97 Å². The Morgan fingerprint density at radius 3 is 2.22 bits per heavy atom. The van der Waals surface area contributed by atoms with E-state index in [0.29, 0.717) is 18.9 Å². The zero-order valence-corrected chi connectivity index (χ0v) is 21.7. The lowest BCUT2D eigenvalue weighted by Gasteiger charge is -2.47. The fraction of sp³-hybridized carbons (Fsp3) is 0.966. The monoisotopic (exact) mass is 447 g/mol. The van der Waals surface area contributed by atoms with Crippen LogP contribution >= 0.6 is 0 Å². The van der Waals surface area contributed by atoms with E-state index in [1.807, 2.05) is 6.92 Å². The van der Waals surface area contributed by atoms with Gasteiger partial charge in [0.2, 0.25) is 0 Å². The standard InChI is InChI=1S/C29H53NO2/c1-4-32-29(31)22-25-15-16-28(27(21-25)26-13-9-6-10-14-26)30(19-17-23(2)3)20-18-24-11-7-5-8-12-24/h23-28H,4-22H2,1-3H3/t25-,27+,28-/m1/s1. The minimum atomic E-state index is 0.0345. The van der Waals surface area contributed by atoms with E-state index in [0.717, 1.165) is 29.7 Å². The Kier molecular flexibility index (Phi) is 11.4. The van der Waals surface area contributed by atoms with Crippen molar-refractivity contribution >= 4 is 5.97 Å².